The highest BCUT2D eigenvalue weighted by molar-refractivity contribution is 5.84. The summed E-state index contributed by atoms with van der Waals surface area (Å²) < 4.78 is 0. The number of carbonyl (C=O) groups is 1. The summed E-state index contributed by atoms with van der Waals surface area (Å²) >= 11 is 0. The van der Waals surface area contributed by atoms with Crippen molar-refractivity contribution in [3.05, 3.63) is 35.4 Å². The zero-order valence-electron chi connectivity index (χ0n) is 9.28. The van der Waals surface area contributed by atoms with Crippen molar-refractivity contribution >= 4 is 5.91 Å². The Kier molecular flexibility index (Phi) is 3.57. The number of aliphatic hydroxyl groups excluding tert-OH is 1. The van der Waals surface area contributed by atoms with Gasteiger partial charge in [0.25, 0.3) is 0 Å². The maximum absolute atomic E-state index is 11.9. The summed E-state index contributed by atoms with van der Waals surface area (Å²) in [7, 11) is 0. The first-order valence-corrected chi connectivity index (χ1v) is 5.79. The summed E-state index contributed by atoms with van der Waals surface area (Å²) in [6.45, 7) is 0.345. The molecular weight excluding hydrogens is 202 g/mol. The molecule has 0 saturated carbocycles. The summed E-state index contributed by atoms with van der Waals surface area (Å²) in [6, 6.07) is 8.14. The molecule has 0 saturated heterocycles. The summed E-state index contributed by atoms with van der Waals surface area (Å²) in [6.07, 6.45) is 3.04. The minimum Gasteiger partial charge on any atom is -0.395 e. The smallest absolute Gasteiger partial charge is 0.227 e. The maximum atomic E-state index is 11.9. The van der Waals surface area contributed by atoms with Crippen LogP contribution in [-0.4, -0.2) is 24.2 Å². The molecule has 1 atom stereocenters. The van der Waals surface area contributed by atoms with Gasteiger partial charge in [0.2, 0.25) is 5.91 Å². The number of benzene rings is 1. The average molecular weight is 219 g/mol. The fraction of sp³-hybridized carbons (Fsp3) is 0.462. The Balaban J connectivity index is 2.15. The lowest BCUT2D eigenvalue weighted by molar-refractivity contribution is -0.123. The van der Waals surface area contributed by atoms with Crippen LogP contribution >= 0.6 is 0 Å². The van der Waals surface area contributed by atoms with E-state index in [0.717, 1.165) is 24.8 Å². The molecule has 1 aromatic carbocycles. The van der Waals surface area contributed by atoms with Crippen molar-refractivity contribution in [3.8, 4) is 0 Å². The lowest BCUT2D eigenvalue weighted by atomic mass is 9.82. The van der Waals surface area contributed by atoms with E-state index in [1.54, 1.807) is 0 Å². The zero-order valence-corrected chi connectivity index (χ0v) is 9.28. The molecule has 1 aliphatic rings. The molecule has 16 heavy (non-hydrogen) atoms. The van der Waals surface area contributed by atoms with Gasteiger partial charge < -0.3 is 10.4 Å². The minimum atomic E-state index is -0.0310. The van der Waals surface area contributed by atoms with E-state index in [0.29, 0.717) is 6.54 Å². The molecule has 86 valence electrons. The van der Waals surface area contributed by atoms with Gasteiger partial charge in [-0.3, -0.25) is 4.79 Å². The third-order valence-corrected chi connectivity index (χ3v) is 3.10. The number of hydrogen-bond acceptors (Lipinski definition) is 2. The summed E-state index contributed by atoms with van der Waals surface area (Å²) in [5, 5.41) is 11.4. The molecule has 2 N–H and O–H groups in total. The predicted molar refractivity (Wildman–Crippen MR) is 62.2 cm³/mol. The molecule has 1 amide bonds. The van der Waals surface area contributed by atoms with Crippen molar-refractivity contribution < 1.29 is 9.90 Å². The Morgan fingerprint density at radius 3 is 3.06 bits per heavy atom. The number of aliphatic hydroxyl groups is 1. The third-order valence-electron chi connectivity index (χ3n) is 3.10. The molecule has 1 aromatic rings. The van der Waals surface area contributed by atoms with Gasteiger partial charge in [0.1, 0.15) is 0 Å². The highest BCUT2D eigenvalue weighted by Gasteiger charge is 2.25. The van der Waals surface area contributed by atoms with Gasteiger partial charge in [0, 0.05) is 6.54 Å². The molecule has 1 unspecified atom stereocenters. The number of amides is 1. The first-order chi connectivity index (χ1) is 7.83. The standard InChI is InChI=1S/C13H17NO2/c15-9-8-14-13(16)12-7-3-5-10-4-1-2-6-11(10)12/h1-2,4,6,12,15H,3,5,7-9H2,(H,14,16). The van der Waals surface area contributed by atoms with Gasteiger partial charge in [-0.1, -0.05) is 24.3 Å². The second kappa shape index (κ2) is 5.12. The van der Waals surface area contributed by atoms with Crippen molar-refractivity contribution in [2.24, 2.45) is 0 Å². The van der Waals surface area contributed by atoms with E-state index in [-0.39, 0.29) is 18.4 Å². The molecule has 3 heteroatoms. The fourth-order valence-electron chi connectivity index (χ4n) is 2.33. The van der Waals surface area contributed by atoms with Gasteiger partial charge in [-0.15, -0.1) is 0 Å². The van der Waals surface area contributed by atoms with Crippen molar-refractivity contribution in [3.63, 3.8) is 0 Å². The predicted octanol–water partition coefficient (Wildman–Crippen LogP) is 1.21. The van der Waals surface area contributed by atoms with Crippen LogP contribution in [0, 0.1) is 0 Å². The van der Waals surface area contributed by atoms with Crippen LogP contribution in [0.3, 0.4) is 0 Å². The Morgan fingerprint density at radius 1 is 1.44 bits per heavy atom. The Labute approximate surface area is 95.5 Å². The highest BCUT2D eigenvalue weighted by atomic mass is 16.3. The first-order valence-electron chi connectivity index (χ1n) is 5.79. The largest absolute Gasteiger partial charge is 0.395 e. The summed E-state index contributed by atoms with van der Waals surface area (Å²) in [4.78, 5) is 11.9. The molecular formula is C13H17NO2. The summed E-state index contributed by atoms with van der Waals surface area (Å²) in [5.41, 5.74) is 2.45. The average Bonchev–Trinajstić information content (AvgIpc) is 2.35. The van der Waals surface area contributed by atoms with E-state index in [1.165, 1.54) is 5.56 Å². The third kappa shape index (κ3) is 2.25. The number of aryl methyl sites for hydroxylation is 1. The van der Waals surface area contributed by atoms with E-state index in [2.05, 4.69) is 11.4 Å². The number of fused-ring (bicyclic) bond motifs is 1. The Hall–Kier alpha value is -1.35. The van der Waals surface area contributed by atoms with Crippen molar-refractivity contribution in [1.29, 1.82) is 0 Å². The molecule has 0 bridgehead atoms. The van der Waals surface area contributed by atoms with Crippen LogP contribution < -0.4 is 5.32 Å². The number of rotatable bonds is 3. The molecule has 1 aliphatic carbocycles. The fourth-order valence-corrected chi connectivity index (χ4v) is 2.33. The van der Waals surface area contributed by atoms with Crippen molar-refractivity contribution in [2.45, 2.75) is 25.2 Å². The van der Waals surface area contributed by atoms with Crippen LogP contribution in [-0.2, 0) is 11.2 Å². The topological polar surface area (TPSA) is 49.3 Å². The van der Waals surface area contributed by atoms with Crippen LogP contribution in [0.5, 0.6) is 0 Å². The van der Waals surface area contributed by atoms with Gasteiger partial charge in [-0.2, -0.15) is 0 Å². The SMILES string of the molecule is O=C(NCCO)C1CCCc2ccccc21. The number of nitrogens with one attached hydrogen (secondary N) is 1. The van der Waals surface area contributed by atoms with Crippen LogP contribution in [0.1, 0.15) is 29.9 Å². The lowest BCUT2D eigenvalue weighted by Crippen LogP contribution is -2.33. The molecule has 0 aromatic heterocycles. The van der Waals surface area contributed by atoms with Crippen LogP contribution in [0.15, 0.2) is 24.3 Å². The normalized spacial score (nSPS) is 18.9. The zero-order chi connectivity index (χ0) is 11.4. The van der Waals surface area contributed by atoms with Crippen LogP contribution in [0.25, 0.3) is 0 Å². The quantitative estimate of drug-likeness (QED) is 0.803. The van der Waals surface area contributed by atoms with E-state index < -0.39 is 0 Å². The first kappa shape index (κ1) is 11.1. The molecule has 0 radical (unpaired) electrons. The molecule has 0 aliphatic heterocycles. The lowest BCUT2D eigenvalue weighted by Gasteiger charge is -2.24. The van der Waals surface area contributed by atoms with E-state index in [4.69, 9.17) is 5.11 Å². The number of carbonyl (C=O) groups excluding carboxylic acids is 1. The van der Waals surface area contributed by atoms with Crippen molar-refractivity contribution in [1.82, 2.24) is 5.32 Å². The van der Waals surface area contributed by atoms with Gasteiger partial charge in [0.15, 0.2) is 0 Å². The monoisotopic (exact) mass is 219 g/mol. The van der Waals surface area contributed by atoms with E-state index >= 15 is 0 Å². The van der Waals surface area contributed by atoms with Crippen LogP contribution in [0.4, 0.5) is 0 Å². The second-order valence-corrected chi connectivity index (χ2v) is 4.16. The van der Waals surface area contributed by atoms with Crippen molar-refractivity contribution in [2.75, 3.05) is 13.2 Å². The summed E-state index contributed by atoms with van der Waals surface area (Å²) in [5.74, 6) is 0.0118. The minimum absolute atomic E-state index is 0.000106. The van der Waals surface area contributed by atoms with Gasteiger partial charge in [0.05, 0.1) is 12.5 Å². The number of hydrogen-bond donors (Lipinski definition) is 2. The highest BCUT2D eigenvalue weighted by Crippen LogP contribution is 2.31. The molecule has 3 nitrogen and oxygen atoms in total. The Bertz CT molecular complexity index is 376. The van der Waals surface area contributed by atoms with E-state index in [9.17, 15) is 4.79 Å². The van der Waals surface area contributed by atoms with Gasteiger partial charge >= 0.3 is 0 Å². The Morgan fingerprint density at radius 2 is 2.25 bits per heavy atom. The molecule has 0 fully saturated rings. The maximum Gasteiger partial charge on any atom is 0.227 e. The van der Waals surface area contributed by atoms with E-state index in [1.807, 2.05) is 18.2 Å². The van der Waals surface area contributed by atoms with Crippen LogP contribution in [0.2, 0.25) is 0 Å². The van der Waals surface area contributed by atoms with Gasteiger partial charge in [-0.25, -0.2) is 0 Å². The molecule has 0 heterocycles. The van der Waals surface area contributed by atoms with Gasteiger partial charge in [-0.05, 0) is 30.4 Å². The molecule has 0 spiro atoms. The molecule has 2 rings (SSSR count). The second-order valence-electron chi connectivity index (χ2n) is 4.16.